The highest BCUT2D eigenvalue weighted by atomic mass is 79.9. The molecule has 0 saturated carbocycles. The van der Waals surface area contributed by atoms with Gasteiger partial charge in [0.15, 0.2) is 0 Å². The maximum absolute atomic E-state index is 4.21. The zero-order chi connectivity index (χ0) is 10.8. The Morgan fingerprint density at radius 3 is 2.73 bits per heavy atom. The smallest absolute Gasteiger partial charge is 0.110 e. The van der Waals surface area contributed by atoms with Gasteiger partial charge in [0.2, 0.25) is 0 Å². The minimum atomic E-state index is 0.870. The van der Waals surface area contributed by atoms with Crippen LogP contribution in [-0.2, 0) is 5.33 Å². The maximum atomic E-state index is 4.21. The molecule has 2 rings (SSSR count). The zero-order valence-electron chi connectivity index (χ0n) is 8.24. The average Bonchev–Trinajstić information content (AvgIpc) is 2.64. The number of nitrogens with zero attached hydrogens (tertiary/aromatic N) is 2. The standard InChI is InChI=1S/C11H10Br2N2/c1-8-14-4-5-15(8)11-3-2-9(7-12)6-10(11)13/h2-6H,7H2,1H3. The summed E-state index contributed by atoms with van der Waals surface area (Å²) < 4.78 is 3.14. The Hall–Kier alpha value is -0.610. The fourth-order valence-electron chi connectivity index (χ4n) is 1.46. The molecule has 78 valence electrons. The number of benzene rings is 1. The van der Waals surface area contributed by atoms with Crippen LogP contribution in [0.15, 0.2) is 35.1 Å². The minimum absolute atomic E-state index is 0.870. The van der Waals surface area contributed by atoms with E-state index < -0.39 is 0 Å². The highest BCUT2D eigenvalue weighted by Crippen LogP contribution is 2.24. The second-order valence-electron chi connectivity index (χ2n) is 3.26. The van der Waals surface area contributed by atoms with Gasteiger partial charge in [0.25, 0.3) is 0 Å². The molecule has 15 heavy (non-hydrogen) atoms. The van der Waals surface area contributed by atoms with Crippen molar-refractivity contribution in [1.82, 2.24) is 9.55 Å². The molecular weight excluding hydrogens is 320 g/mol. The molecule has 0 aliphatic carbocycles. The van der Waals surface area contributed by atoms with E-state index in [-0.39, 0.29) is 0 Å². The van der Waals surface area contributed by atoms with Gasteiger partial charge in [-0.1, -0.05) is 22.0 Å². The molecule has 1 aromatic carbocycles. The van der Waals surface area contributed by atoms with E-state index in [9.17, 15) is 0 Å². The first-order valence-corrected chi connectivity index (χ1v) is 6.48. The summed E-state index contributed by atoms with van der Waals surface area (Å²) in [4.78, 5) is 4.21. The van der Waals surface area contributed by atoms with Crippen LogP contribution in [0, 0.1) is 6.92 Å². The molecule has 0 spiro atoms. The van der Waals surface area contributed by atoms with E-state index in [0.29, 0.717) is 0 Å². The van der Waals surface area contributed by atoms with Crippen LogP contribution in [-0.4, -0.2) is 9.55 Å². The molecule has 0 unspecified atom stereocenters. The summed E-state index contributed by atoms with van der Waals surface area (Å²) in [6.07, 6.45) is 3.77. The molecule has 1 aromatic heterocycles. The molecule has 1 heterocycles. The lowest BCUT2D eigenvalue weighted by Crippen LogP contribution is -1.97. The van der Waals surface area contributed by atoms with Gasteiger partial charge in [-0.15, -0.1) is 0 Å². The molecular formula is C11H10Br2N2. The fourth-order valence-corrected chi connectivity index (χ4v) is 2.43. The molecule has 0 saturated heterocycles. The summed E-state index contributed by atoms with van der Waals surface area (Å²) in [5, 5.41) is 0.870. The third kappa shape index (κ3) is 2.16. The number of aryl methyl sites for hydroxylation is 1. The molecule has 2 nitrogen and oxygen atoms in total. The van der Waals surface area contributed by atoms with Crippen molar-refractivity contribution in [2.24, 2.45) is 0 Å². The van der Waals surface area contributed by atoms with E-state index in [2.05, 4.69) is 59.6 Å². The Morgan fingerprint density at radius 2 is 2.20 bits per heavy atom. The van der Waals surface area contributed by atoms with Crippen molar-refractivity contribution >= 4 is 31.9 Å². The van der Waals surface area contributed by atoms with Gasteiger partial charge in [-0.3, -0.25) is 0 Å². The molecule has 2 aromatic rings. The Kier molecular flexibility index (Phi) is 3.26. The van der Waals surface area contributed by atoms with Gasteiger partial charge < -0.3 is 4.57 Å². The largest absolute Gasteiger partial charge is 0.303 e. The minimum Gasteiger partial charge on any atom is -0.303 e. The summed E-state index contributed by atoms with van der Waals surface area (Å²) in [5.74, 6) is 0.988. The number of hydrogen-bond acceptors (Lipinski definition) is 1. The maximum Gasteiger partial charge on any atom is 0.110 e. The van der Waals surface area contributed by atoms with Crippen LogP contribution in [0.1, 0.15) is 11.4 Å². The second-order valence-corrected chi connectivity index (χ2v) is 4.68. The van der Waals surface area contributed by atoms with E-state index >= 15 is 0 Å². The molecule has 0 bridgehead atoms. The molecule has 0 amide bonds. The lowest BCUT2D eigenvalue weighted by Gasteiger charge is -2.08. The van der Waals surface area contributed by atoms with Crippen LogP contribution in [0.2, 0.25) is 0 Å². The van der Waals surface area contributed by atoms with E-state index in [1.807, 2.05) is 13.1 Å². The molecule has 0 fully saturated rings. The normalized spacial score (nSPS) is 10.6. The van der Waals surface area contributed by atoms with Crippen LogP contribution in [0.25, 0.3) is 5.69 Å². The first kappa shape index (κ1) is 10.9. The predicted octanol–water partition coefficient (Wildman–Crippen LogP) is 3.84. The van der Waals surface area contributed by atoms with Crippen LogP contribution in [0.5, 0.6) is 0 Å². The molecule has 0 aliphatic heterocycles. The van der Waals surface area contributed by atoms with Gasteiger partial charge in [0.1, 0.15) is 5.82 Å². The quantitative estimate of drug-likeness (QED) is 0.765. The fraction of sp³-hybridized carbons (Fsp3) is 0.182. The molecule has 0 atom stereocenters. The zero-order valence-corrected chi connectivity index (χ0v) is 11.4. The first-order valence-electron chi connectivity index (χ1n) is 4.57. The SMILES string of the molecule is Cc1nccn1-c1ccc(CBr)cc1Br. The third-order valence-electron chi connectivity index (χ3n) is 2.25. The van der Waals surface area contributed by atoms with Crippen molar-refractivity contribution in [1.29, 1.82) is 0 Å². The highest BCUT2D eigenvalue weighted by Gasteiger charge is 2.05. The van der Waals surface area contributed by atoms with Crippen molar-refractivity contribution in [2.75, 3.05) is 0 Å². The summed E-state index contributed by atoms with van der Waals surface area (Å²) in [7, 11) is 0. The molecule has 0 radical (unpaired) electrons. The van der Waals surface area contributed by atoms with Gasteiger partial charge in [-0.05, 0) is 40.5 Å². The van der Waals surface area contributed by atoms with Crippen molar-refractivity contribution in [2.45, 2.75) is 12.3 Å². The Balaban J connectivity index is 2.50. The topological polar surface area (TPSA) is 17.8 Å². The van der Waals surface area contributed by atoms with Crippen molar-refractivity contribution < 1.29 is 0 Å². The van der Waals surface area contributed by atoms with Crippen LogP contribution in [0.4, 0.5) is 0 Å². The van der Waals surface area contributed by atoms with Crippen molar-refractivity contribution in [3.8, 4) is 5.69 Å². The monoisotopic (exact) mass is 328 g/mol. The first-order chi connectivity index (χ1) is 7.22. The number of alkyl halides is 1. The number of aromatic nitrogens is 2. The van der Waals surface area contributed by atoms with Gasteiger partial charge in [0.05, 0.1) is 5.69 Å². The molecule has 0 aliphatic rings. The Morgan fingerprint density at radius 1 is 1.40 bits per heavy atom. The molecule has 0 N–H and O–H groups in total. The van der Waals surface area contributed by atoms with E-state index in [1.165, 1.54) is 5.56 Å². The van der Waals surface area contributed by atoms with Crippen molar-refractivity contribution in [3.63, 3.8) is 0 Å². The van der Waals surface area contributed by atoms with Gasteiger partial charge >= 0.3 is 0 Å². The van der Waals surface area contributed by atoms with Gasteiger partial charge in [-0.25, -0.2) is 4.98 Å². The lowest BCUT2D eigenvalue weighted by atomic mass is 10.2. The summed E-state index contributed by atoms with van der Waals surface area (Å²) in [6.45, 7) is 1.99. The van der Waals surface area contributed by atoms with Crippen molar-refractivity contribution in [3.05, 3.63) is 46.5 Å². The average molecular weight is 330 g/mol. The highest BCUT2D eigenvalue weighted by molar-refractivity contribution is 9.10. The predicted molar refractivity (Wildman–Crippen MR) is 68.6 cm³/mol. The Bertz CT molecular complexity index is 477. The van der Waals surface area contributed by atoms with E-state index in [1.54, 1.807) is 6.20 Å². The summed E-state index contributed by atoms with van der Waals surface area (Å²) in [6, 6.07) is 6.31. The van der Waals surface area contributed by atoms with E-state index in [4.69, 9.17) is 0 Å². The van der Waals surface area contributed by atoms with Gasteiger partial charge in [0, 0.05) is 22.2 Å². The van der Waals surface area contributed by atoms with Gasteiger partial charge in [-0.2, -0.15) is 0 Å². The number of halogens is 2. The summed E-state index contributed by atoms with van der Waals surface area (Å²) >= 11 is 7.01. The Labute approximate surface area is 106 Å². The molecule has 4 heteroatoms. The van der Waals surface area contributed by atoms with Crippen LogP contribution >= 0.6 is 31.9 Å². The summed E-state index contributed by atoms with van der Waals surface area (Å²) in [5.41, 5.74) is 2.37. The number of rotatable bonds is 2. The number of imidazole rings is 1. The van der Waals surface area contributed by atoms with Crippen LogP contribution < -0.4 is 0 Å². The third-order valence-corrected chi connectivity index (χ3v) is 3.53. The van der Waals surface area contributed by atoms with E-state index in [0.717, 1.165) is 21.3 Å². The van der Waals surface area contributed by atoms with Crippen LogP contribution in [0.3, 0.4) is 0 Å². The second kappa shape index (κ2) is 4.49. The lowest BCUT2D eigenvalue weighted by molar-refractivity contribution is 0.968. The number of hydrogen-bond donors (Lipinski definition) is 0.